The second kappa shape index (κ2) is 7.45. The predicted octanol–water partition coefficient (Wildman–Crippen LogP) is 2.53. The molecule has 1 aromatic carbocycles. The molecule has 1 amide bonds. The smallest absolute Gasteiger partial charge is 0.260 e. The molecule has 3 aromatic rings. The monoisotopic (exact) mass is 367 g/mol. The van der Waals surface area contributed by atoms with Gasteiger partial charge in [0.25, 0.3) is 11.5 Å². The number of aromatic nitrogens is 4. The van der Waals surface area contributed by atoms with Gasteiger partial charge in [0.1, 0.15) is 11.6 Å². The van der Waals surface area contributed by atoms with Gasteiger partial charge < -0.3 is 10.1 Å². The van der Waals surface area contributed by atoms with Gasteiger partial charge in [-0.2, -0.15) is 9.78 Å². The summed E-state index contributed by atoms with van der Waals surface area (Å²) in [6.45, 7) is 7.55. The maximum Gasteiger partial charge on any atom is 0.260 e. The van der Waals surface area contributed by atoms with Gasteiger partial charge in [0.2, 0.25) is 5.95 Å². The van der Waals surface area contributed by atoms with Crippen LogP contribution in [0, 0.1) is 20.8 Å². The molecule has 140 valence electrons. The van der Waals surface area contributed by atoms with Crippen LogP contribution in [0.5, 0.6) is 5.75 Å². The zero-order valence-corrected chi connectivity index (χ0v) is 15.7. The van der Waals surface area contributed by atoms with Crippen molar-refractivity contribution in [3.8, 4) is 11.7 Å². The molecule has 0 spiro atoms. The van der Waals surface area contributed by atoms with Gasteiger partial charge in [0, 0.05) is 17.3 Å². The third-order valence-electron chi connectivity index (χ3n) is 4.09. The van der Waals surface area contributed by atoms with E-state index in [1.54, 1.807) is 51.1 Å². The highest BCUT2D eigenvalue weighted by Crippen LogP contribution is 2.21. The second-order valence-corrected chi connectivity index (χ2v) is 6.07. The SMILES string of the molecule is CCOc1ccccc1C(=O)Nc1cc(C)nn1-c1nc(C)c(C)c(=O)[nH]1. The molecule has 2 aromatic heterocycles. The highest BCUT2D eigenvalue weighted by Gasteiger charge is 2.17. The van der Waals surface area contributed by atoms with E-state index in [2.05, 4.69) is 20.4 Å². The van der Waals surface area contributed by atoms with E-state index in [0.29, 0.717) is 40.7 Å². The average molecular weight is 367 g/mol. The number of benzene rings is 1. The zero-order chi connectivity index (χ0) is 19.6. The number of ether oxygens (including phenoxy) is 1. The van der Waals surface area contributed by atoms with Crippen molar-refractivity contribution < 1.29 is 9.53 Å². The minimum Gasteiger partial charge on any atom is -0.493 e. The fourth-order valence-electron chi connectivity index (χ4n) is 2.60. The van der Waals surface area contributed by atoms with Crippen LogP contribution in [-0.4, -0.2) is 32.3 Å². The molecule has 0 aliphatic carbocycles. The van der Waals surface area contributed by atoms with Crippen molar-refractivity contribution in [1.82, 2.24) is 19.7 Å². The number of hydrogen-bond acceptors (Lipinski definition) is 5. The summed E-state index contributed by atoms with van der Waals surface area (Å²) >= 11 is 0. The number of H-pyrrole nitrogens is 1. The quantitative estimate of drug-likeness (QED) is 0.721. The first kappa shape index (κ1) is 18.4. The van der Waals surface area contributed by atoms with Gasteiger partial charge in [-0.1, -0.05) is 12.1 Å². The van der Waals surface area contributed by atoms with E-state index in [9.17, 15) is 9.59 Å². The van der Waals surface area contributed by atoms with Crippen molar-refractivity contribution in [2.24, 2.45) is 0 Å². The third-order valence-corrected chi connectivity index (χ3v) is 4.09. The molecule has 0 fully saturated rings. The summed E-state index contributed by atoms with van der Waals surface area (Å²) in [4.78, 5) is 31.9. The molecule has 0 unspecified atom stereocenters. The second-order valence-electron chi connectivity index (χ2n) is 6.07. The van der Waals surface area contributed by atoms with Crippen LogP contribution in [0.25, 0.3) is 5.95 Å². The topological polar surface area (TPSA) is 102 Å². The van der Waals surface area contributed by atoms with Crippen molar-refractivity contribution in [1.29, 1.82) is 0 Å². The van der Waals surface area contributed by atoms with E-state index in [-0.39, 0.29) is 17.4 Å². The van der Waals surface area contributed by atoms with E-state index >= 15 is 0 Å². The summed E-state index contributed by atoms with van der Waals surface area (Å²) in [6, 6.07) is 8.70. The Labute approximate surface area is 156 Å². The first-order valence-electron chi connectivity index (χ1n) is 8.58. The summed E-state index contributed by atoms with van der Waals surface area (Å²) in [5.74, 6) is 0.796. The summed E-state index contributed by atoms with van der Waals surface area (Å²) in [5, 5.41) is 7.15. The Morgan fingerprint density at radius 1 is 1.26 bits per heavy atom. The lowest BCUT2D eigenvalue weighted by Gasteiger charge is -2.12. The van der Waals surface area contributed by atoms with Gasteiger partial charge in [-0.15, -0.1) is 0 Å². The highest BCUT2D eigenvalue weighted by molar-refractivity contribution is 6.05. The number of nitrogens with one attached hydrogen (secondary N) is 2. The molecule has 8 heteroatoms. The number of amides is 1. The highest BCUT2D eigenvalue weighted by atomic mass is 16.5. The van der Waals surface area contributed by atoms with Crippen molar-refractivity contribution in [2.45, 2.75) is 27.7 Å². The molecule has 3 rings (SSSR count). The summed E-state index contributed by atoms with van der Waals surface area (Å²) in [7, 11) is 0. The normalized spacial score (nSPS) is 10.7. The lowest BCUT2D eigenvalue weighted by Crippen LogP contribution is -2.21. The number of hydrogen-bond donors (Lipinski definition) is 2. The number of aromatic amines is 1. The first-order chi connectivity index (χ1) is 12.9. The van der Waals surface area contributed by atoms with E-state index in [1.165, 1.54) is 4.68 Å². The van der Waals surface area contributed by atoms with Crippen molar-refractivity contribution in [3.05, 3.63) is 63.2 Å². The molecule has 0 saturated carbocycles. The van der Waals surface area contributed by atoms with E-state index in [1.807, 2.05) is 6.92 Å². The number of aryl methyl sites for hydroxylation is 2. The van der Waals surface area contributed by atoms with Crippen molar-refractivity contribution >= 4 is 11.7 Å². The van der Waals surface area contributed by atoms with Gasteiger partial charge in [-0.05, 0) is 39.8 Å². The van der Waals surface area contributed by atoms with Gasteiger partial charge in [0.05, 0.1) is 17.9 Å². The standard InChI is InChI=1S/C19H21N5O3/c1-5-27-15-9-7-6-8-14(15)18(26)21-16-10-11(2)23-24(16)19-20-13(4)12(3)17(25)22-19/h6-10H,5H2,1-4H3,(H,21,26)(H,20,22,25). The Morgan fingerprint density at radius 2 is 2.00 bits per heavy atom. The minimum atomic E-state index is -0.341. The molecule has 0 saturated heterocycles. The molecule has 2 heterocycles. The molecule has 27 heavy (non-hydrogen) atoms. The van der Waals surface area contributed by atoms with Gasteiger partial charge in [-0.3, -0.25) is 14.6 Å². The number of carbonyl (C=O) groups is 1. The Bertz CT molecular complexity index is 1050. The third kappa shape index (κ3) is 3.74. The lowest BCUT2D eigenvalue weighted by molar-refractivity contribution is 0.102. The first-order valence-corrected chi connectivity index (χ1v) is 8.58. The van der Waals surface area contributed by atoms with Crippen LogP contribution in [-0.2, 0) is 0 Å². The van der Waals surface area contributed by atoms with E-state index in [4.69, 9.17) is 4.74 Å². The van der Waals surface area contributed by atoms with Crippen LogP contribution in [0.15, 0.2) is 35.1 Å². The van der Waals surface area contributed by atoms with Gasteiger partial charge >= 0.3 is 0 Å². The van der Waals surface area contributed by atoms with Crippen LogP contribution in [0.3, 0.4) is 0 Å². The summed E-state index contributed by atoms with van der Waals surface area (Å²) in [6.07, 6.45) is 0. The molecular weight excluding hydrogens is 346 g/mol. The Hall–Kier alpha value is -3.42. The Balaban J connectivity index is 1.98. The van der Waals surface area contributed by atoms with Gasteiger partial charge in [-0.25, -0.2) is 4.98 Å². The summed E-state index contributed by atoms with van der Waals surface area (Å²) in [5.41, 5.74) is 1.97. The van der Waals surface area contributed by atoms with Crippen LogP contribution < -0.4 is 15.6 Å². The van der Waals surface area contributed by atoms with Crippen LogP contribution in [0.1, 0.15) is 34.2 Å². The number of rotatable bonds is 5. The van der Waals surface area contributed by atoms with E-state index in [0.717, 1.165) is 0 Å². The number of nitrogens with zero attached hydrogens (tertiary/aromatic N) is 3. The maximum atomic E-state index is 12.8. The van der Waals surface area contributed by atoms with Crippen LogP contribution in [0.4, 0.5) is 5.82 Å². The number of carbonyl (C=O) groups excluding carboxylic acids is 1. The molecule has 8 nitrogen and oxygen atoms in total. The van der Waals surface area contributed by atoms with Crippen LogP contribution in [0.2, 0.25) is 0 Å². The van der Waals surface area contributed by atoms with Crippen molar-refractivity contribution in [3.63, 3.8) is 0 Å². The zero-order valence-electron chi connectivity index (χ0n) is 15.7. The molecule has 0 bridgehead atoms. The van der Waals surface area contributed by atoms with Gasteiger partial charge in [0.15, 0.2) is 0 Å². The number of anilines is 1. The molecule has 0 aliphatic heterocycles. The van der Waals surface area contributed by atoms with E-state index < -0.39 is 0 Å². The largest absolute Gasteiger partial charge is 0.493 e. The molecule has 0 radical (unpaired) electrons. The molecular formula is C19H21N5O3. The Morgan fingerprint density at radius 3 is 2.70 bits per heavy atom. The minimum absolute atomic E-state index is 0.240. The fraction of sp³-hybridized carbons (Fsp3) is 0.263. The molecule has 0 aliphatic rings. The maximum absolute atomic E-state index is 12.8. The van der Waals surface area contributed by atoms with Crippen molar-refractivity contribution in [2.75, 3.05) is 11.9 Å². The molecule has 2 N–H and O–H groups in total. The average Bonchev–Trinajstić information content (AvgIpc) is 3.00. The lowest BCUT2D eigenvalue weighted by atomic mass is 10.2. The van der Waals surface area contributed by atoms with Crippen LogP contribution >= 0.6 is 0 Å². The number of para-hydroxylation sites is 1. The summed E-state index contributed by atoms with van der Waals surface area (Å²) < 4.78 is 6.92. The molecule has 0 atom stereocenters. The Kier molecular flexibility index (Phi) is 5.07. The predicted molar refractivity (Wildman–Crippen MR) is 102 cm³/mol. The fourth-order valence-corrected chi connectivity index (χ4v) is 2.60.